The minimum absolute atomic E-state index is 0.381. The minimum atomic E-state index is -0.475. The monoisotopic (exact) mass is 184 g/mol. The first kappa shape index (κ1) is 11.7. The lowest BCUT2D eigenvalue weighted by Gasteiger charge is -2.05. The average molecular weight is 184 g/mol. The van der Waals surface area contributed by atoms with Gasteiger partial charge in [-0.1, -0.05) is 27.7 Å². The van der Waals surface area contributed by atoms with E-state index in [4.69, 9.17) is 0 Å². The molecule has 1 heterocycles. The fourth-order valence-corrected chi connectivity index (χ4v) is 0.383. The predicted molar refractivity (Wildman–Crippen MR) is 52.8 cm³/mol. The zero-order valence-corrected chi connectivity index (χ0v) is 8.47. The van der Waals surface area contributed by atoms with E-state index in [-0.39, 0.29) is 5.56 Å². The maximum Gasteiger partial charge on any atom is 0.325 e. The Morgan fingerprint density at radius 1 is 1.15 bits per heavy atom. The topological polar surface area (TPSA) is 65.7 Å². The molecule has 1 aromatic heterocycles. The lowest BCUT2D eigenvalue weighted by molar-refractivity contribution is 0.469. The van der Waals surface area contributed by atoms with Gasteiger partial charge in [-0.05, 0) is 5.41 Å². The van der Waals surface area contributed by atoms with Crippen LogP contribution in [0.5, 0.6) is 0 Å². The first-order valence-electron chi connectivity index (χ1n) is 4.07. The summed E-state index contributed by atoms with van der Waals surface area (Å²) in [5.41, 5.74) is -0.355. The van der Waals surface area contributed by atoms with Crippen LogP contribution in [0.15, 0.2) is 21.9 Å². The van der Waals surface area contributed by atoms with Crippen LogP contribution in [0.4, 0.5) is 0 Å². The van der Waals surface area contributed by atoms with Crippen molar-refractivity contribution in [3.05, 3.63) is 33.1 Å². The first-order chi connectivity index (χ1) is 5.79. The molecule has 0 atom stereocenters. The van der Waals surface area contributed by atoms with Crippen molar-refractivity contribution < 1.29 is 0 Å². The molecule has 4 nitrogen and oxygen atoms in total. The molecule has 1 rings (SSSR count). The smallest absolute Gasteiger partial charge is 0.314 e. The minimum Gasteiger partial charge on any atom is -0.314 e. The molecule has 0 bridgehead atoms. The SMILES string of the molecule is CC(C)(C)C.O=c1cc[nH]c(=O)[nH]1. The van der Waals surface area contributed by atoms with Gasteiger partial charge in [0, 0.05) is 12.3 Å². The molecule has 0 saturated carbocycles. The second-order valence-corrected chi connectivity index (χ2v) is 4.30. The summed E-state index contributed by atoms with van der Waals surface area (Å²) in [5.74, 6) is 0. The Labute approximate surface area is 77.0 Å². The molecule has 4 heteroatoms. The van der Waals surface area contributed by atoms with E-state index in [1.807, 2.05) is 4.98 Å². The molecule has 0 fully saturated rings. The van der Waals surface area contributed by atoms with Crippen molar-refractivity contribution in [3.8, 4) is 0 Å². The molecule has 0 amide bonds. The molecule has 0 aliphatic rings. The van der Waals surface area contributed by atoms with Crippen LogP contribution >= 0.6 is 0 Å². The number of nitrogens with one attached hydrogen (secondary N) is 2. The van der Waals surface area contributed by atoms with Gasteiger partial charge in [0.15, 0.2) is 0 Å². The van der Waals surface area contributed by atoms with Crippen molar-refractivity contribution in [1.29, 1.82) is 0 Å². The molecular weight excluding hydrogens is 168 g/mol. The van der Waals surface area contributed by atoms with Gasteiger partial charge in [-0.15, -0.1) is 0 Å². The van der Waals surface area contributed by atoms with Crippen LogP contribution in [0.25, 0.3) is 0 Å². The van der Waals surface area contributed by atoms with Crippen molar-refractivity contribution in [1.82, 2.24) is 9.97 Å². The van der Waals surface area contributed by atoms with E-state index < -0.39 is 5.69 Å². The summed E-state index contributed by atoms with van der Waals surface area (Å²) in [5, 5.41) is 0. The number of hydrogen-bond acceptors (Lipinski definition) is 2. The Kier molecular flexibility index (Phi) is 4.17. The molecular formula is C9H16N2O2. The highest BCUT2D eigenvalue weighted by molar-refractivity contribution is 4.77. The molecule has 0 saturated heterocycles. The van der Waals surface area contributed by atoms with Crippen molar-refractivity contribution in [2.75, 3.05) is 0 Å². The maximum atomic E-state index is 10.2. The highest BCUT2D eigenvalue weighted by atomic mass is 16.2. The number of aromatic amines is 2. The predicted octanol–water partition coefficient (Wildman–Crippen LogP) is 1.12. The summed E-state index contributed by atoms with van der Waals surface area (Å²) in [7, 11) is 0. The molecule has 0 aliphatic heterocycles. The van der Waals surface area contributed by atoms with Crippen LogP contribution in [-0.2, 0) is 0 Å². The zero-order chi connectivity index (χ0) is 10.5. The summed E-state index contributed by atoms with van der Waals surface area (Å²) >= 11 is 0. The third-order valence-corrected chi connectivity index (χ3v) is 0.686. The van der Waals surface area contributed by atoms with Crippen molar-refractivity contribution in [2.24, 2.45) is 5.41 Å². The van der Waals surface area contributed by atoms with Gasteiger partial charge in [0.25, 0.3) is 5.56 Å². The van der Waals surface area contributed by atoms with Crippen LogP contribution in [0, 0.1) is 5.41 Å². The summed E-state index contributed by atoms with van der Waals surface area (Å²) < 4.78 is 0. The van der Waals surface area contributed by atoms with Gasteiger partial charge < -0.3 is 4.98 Å². The van der Waals surface area contributed by atoms with Crippen molar-refractivity contribution >= 4 is 0 Å². The Morgan fingerprint density at radius 2 is 1.62 bits per heavy atom. The second-order valence-electron chi connectivity index (χ2n) is 4.30. The van der Waals surface area contributed by atoms with E-state index in [0.717, 1.165) is 0 Å². The molecule has 0 radical (unpaired) electrons. The fraction of sp³-hybridized carbons (Fsp3) is 0.556. The Bertz CT molecular complexity index is 312. The number of aromatic nitrogens is 2. The van der Waals surface area contributed by atoms with Crippen LogP contribution in [0.2, 0.25) is 0 Å². The van der Waals surface area contributed by atoms with Crippen LogP contribution < -0.4 is 11.2 Å². The Balaban J connectivity index is 0.000000252. The molecule has 2 N–H and O–H groups in total. The Hall–Kier alpha value is -1.32. The van der Waals surface area contributed by atoms with E-state index in [1.54, 1.807) is 0 Å². The quantitative estimate of drug-likeness (QED) is 0.634. The molecule has 74 valence electrons. The molecule has 0 aliphatic carbocycles. The standard InChI is InChI=1S/C5H12.C4H4N2O2/c1-5(2,3)4;7-3-1-2-5-4(8)6-3/h1-4H3;1-2H,(H2,5,6,7,8). The lowest BCUT2D eigenvalue weighted by Crippen LogP contribution is -2.19. The zero-order valence-electron chi connectivity index (χ0n) is 8.47. The van der Waals surface area contributed by atoms with E-state index in [9.17, 15) is 9.59 Å². The highest BCUT2D eigenvalue weighted by Crippen LogP contribution is 2.07. The van der Waals surface area contributed by atoms with Crippen molar-refractivity contribution in [3.63, 3.8) is 0 Å². The molecule has 13 heavy (non-hydrogen) atoms. The number of rotatable bonds is 0. The second kappa shape index (κ2) is 4.64. The molecule has 0 spiro atoms. The van der Waals surface area contributed by atoms with Gasteiger partial charge in [-0.3, -0.25) is 9.78 Å². The first-order valence-corrected chi connectivity index (χ1v) is 4.07. The lowest BCUT2D eigenvalue weighted by atomic mass is 10.0. The van der Waals surface area contributed by atoms with Crippen LogP contribution in [0.1, 0.15) is 27.7 Å². The number of hydrogen-bond donors (Lipinski definition) is 2. The van der Waals surface area contributed by atoms with E-state index in [2.05, 4.69) is 32.7 Å². The van der Waals surface area contributed by atoms with Crippen LogP contribution in [0.3, 0.4) is 0 Å². The normalized spacial score (nSPS) is 10.2. The number of H-pyrrole nitrogens is 2. The molecule has 0 aromatic carbocycles. The molecule has 1 aromatic rings. The van der Waals surface area contributed by atoms with Crippen molar-refractivity contribution in [2.45, 2.75) is 27.7 Å². The van der Waals surface area contributed by atoms with E-state index in [1.165, 1.54) is 12.3 Å². The average Bonchev–Trinajstić information content (AvgIpc) is 1.81. The Morgan fingerprint density at radius 3 is 1.85 bits per heavy atom. The van der Waals surface area contributed by atoms with Gasteiger partial charge in [0.05, 0.1) is 0 Å². The largest absolute Gasteiger partial charge is 0.325 e. The van der Waals surface area contributed by atoms with Crippen LogP contribution in [-0.4, -0.2) is 9.97 Å². The maximum absolute atomic E-state index is 10.2. The van der Waals surface area contributed by atoms with E-state index >= 15 is 0 Å². The van der Waals surface area contributed by atoms with Gasteiger partial charge in [0.1, 0.15) is 0 Å². The fourth-order valence-electron chi connectivity index (χ4n) is 0.383. The van der Waals surface area contributed by atoms with E-state index in [0.29, 0.717) is 5.41 Å². The summed E-state index contributed by atoms with van der Waals surface area (Å²) in [6, 6.07) is 1.24. The summed E-state index contributed by atoms with van der Waals surface area (Å²) in [6.45, 7) is 8.75. The van der Waals surface area contributed by atoms with Gasteiger partial charge in [-0.2, -0.15) is 0 Å². The third kappa shape index (κ3) is 10.7. The highest BCUT2D eigenvalue weighted by Gasteiger charge is 1.95. The summed E-state index contributed by atoms with van der Waals surface area (Å²) in [6.07, 6.45) is 1.29. The molecule has 0 unspecified atom stereocenters. The van der Waals surface area contributed by atoms with Gasteiger partial charge in [-0.25, -0.2) is 4.79 Å². The van der Waals surface area contributed by atoms with Gasteiger partial charge >= 0.3 is 5.69 Å². The third-order valence-electron chi connectivity index (χ3n) is 0.686. The van der Waals surface area contributed by atoms with Gasteiger partial charge in [0.2, 0.25) is 0 Å². The summed E-state index contributed by atoms with van der Waals surface area (Å²) in [4.78, 5) is 24.7.